The molecule has 2 heterocycles. The average molecular weight is 390 g/mol. The molecule has 3 rings (SSSR count). The van der Waals surface area contributed by atoms with E-state index in [0.29, 0.717) is 45.0 Å². The van der Waals surface area contributed by atoms with Gasteiger partial charge in [0.05, 0.1) is 30.0 Å². The van der Waals surface area contributed by atoms with Crippen molar-refractivity contribution in [1.82, 2.24) is 9.88 Å². The summed E-state index contributed by atoms with van der Waals surface area (Å²) in [6.07, 6.45) is 2.34. The minimum Gasteiger partial charge on any atom is -0.383 e. The minimum atomic E-state index is -3.66. The number of nitrogens with two attached hydrogens (primary N) is 1. The molecule has 1 saturated heterocycles. The molecule has 9 heteroatoms. The van der Waals surface area contributed by atoms with E-state index in [0.717, 1.165) is 11.3 Å². The lowest BCUT2D eigenvalue weighted by Crippen LogP contribution is -2.41. The first-order valence-electron chi connectivity index (χ1n) is 8.62. The van der Waals surface area contributed by atoms with Gasteiger partial charge in [-0.2, -0.15) is 0 Å². The van der Waals surface area contributed by atoms with Crippen molar-refractivity contribution >= 4 is 21.6 Å². The fraction of sp³-hybridized carbons (Fsp3) is 0.333. The number of benzene rings is 1. The number of amides is 1. The fourth-order valence-electron chi connectivity index (χ4n) is 2.75. The molecular weight excluding hydrogens is 368 g/mol. The first-order chi connectivity index (χ1) is 12.9. The predicted octanol–water partition coefficient (Wildman–Crippen LogP) is 0.856. The van der Waals surface area contributed by atoms with E-state index < -0.39 is 10.0 Å². The lowest BCUT2D eigenvalue weighted by molar-refractivity contribution is 0.0299. The van der Waals surface area contributed by atoms with Crippen LogP contribution in [-0.4, -0.2) is 57.1 Å². The number of carbonyl (C=O) groups excluding carboxylic acids is 1. The SMILES string of the molecule is NS(=O)(=O)c1ccc(CCNc2ccc(C(=O)N3CCOCC3)nc2)cc1. The topological polar surface area (TPSA) is 115 Å². The van der Waals surface area contributed by atoms with Crippen LogP contribution in [0.1, 0.15) is 16.1 Å². The lowest BCUT2D eigenvalue weighted by Gasteiger charge is -2.26. The van der Waals surface area contributed by atoms with Crippen LogP contribution in [-0.2, 0) is 21.2 Å². The molecule has 144 valence electrons. The summed E-state index contributed by atoms with van der Waals surface area (Å²) >= 11 is 0. The van der Waals surface area contributed by atoms with E-state index in [1.165, 1.54) is 12.1 Å². The average Bonchev–Trinajstić information content (AvgIpc) is 2.68. The second-order valence-corrected chi connectivity index (χ2v) is 7.76. The molecule has 1 fully saturated rings. The van der Waals surface area contributed by atoms with Gasteiger partial charge in [-0.25, -0.2) is 18.5 Å². The van der Waals surface area contributed by atoms with Gasteiger partial charge in [0.15, 0.2) is 0 Å². The second-order valence-electron chi connectivity index (χ2n) is 6.20. The summed E-state index contributed by atoms with van der Waals surface area (Å²) in [7, 11) is -3.66. The quantitative estimate of drug-likeness (QED) is 0.756. The highest BCUT2D eigenvalue weighted by Gasteiger charge is 2.19. The third-order valence-electron chi connectivity index (χ3n) is 4.28. The van der Waals surface area contributed by atoms with Crippen LogP contribution in [0, 0.1) is 0 Å². The number of sulfonamides is 1. The Morgan fingerprint density at radius 2 is 1.85 bits per heavy atom. The Morgan fingerprint density at radius 3 is 2.44 bits per heavy atom. The Morgan fingerprint density at radius 1 is 1.15 bits per heavy atom. The summed E-state index contributed by atoms with van der Waals surface area (Å²) < 4.78 is 27.7. The molecule has 1 aliphatic rings. The number of nitrogens with one attached hydrogen (secondary N) is 1. The number of carbonyl (C=O) groups is 1. The summed E-state index contributed by atoms with van der Waals surface area (Å²) in [5, 5.41) is 8.32. The van der Waals surface area contributed by atoms with Crippen molar-refractivity contribution in [3.8, 4) is 0 Å². The summed E-state index contributed by atoms with van der Waals surface area (Å²) in [6.45, 7) is 2.94. The monoisotopic (exact) mass is 390 g/mol. The van der Waals surface area contributed by atoms with Crippen LogP contribution in [0.4, 0.5) is 5.69 Å². The van der Waals surface area contributed by atoms with Gasteiger partial charge in [0.25, 0.3) is 5.91 Å². The summed E-state index contributed by atoms with van der Waals surface area (Å²) in [4.78, 5) is 18.4. The van der Waals surface area contributed by atoms with Gasteiger partial charge < -0.3 is 15.0 Å². The van der Waals surface area contributed by atoms with Gasteiger partial charge in [0.1, 0.15) is 5.69 Å². The van der Waals surface area contributed by atoms with Gasteiger partial charge in [-0.15, -0.1) is 0 Å². The van der Waals surface area contributed by atoms with Crippen LogP contribution in [0.3, 0.4) is 0 Å². The van der Waals surface area contributed by atoms with E-state index >= 15 is 0 Å². The van der Waals surface area contributed by atoms with E-state index in [1.54, 1.807) is 29.3 Å². The summed E-state index contributed by atoms with van der Waals surface area (Å²) in [5.74, 6) is -0.0835. The van der Waals surface area contributed by atoms with E-state index in [2.05, 4.69) is 10.3 Å². The van der Waals surface area contributed by atoms with Crippen molar-refractivity contribution in [3.05, 3.63) is 53.9 Å². The van der Waals surface area contributed by atoms with E-state index in [9.17, 15) is 13.2 Å². The van der Waals surface area contributed by atoms with E-state index in [-0.39, 0.29) is 10.8 Å². The number of aromatic nitrogens is 1. The number of pyridine rings is 1. The molecule has 1 aliphatic heterocycles. The first kappa shape index (κ1) is 19.3. The van der Waals surface area contributed by atoms with Gasteiger partial charge in [-0.3, -0.25) is 4.79 Å². The summed E-state index contributed by atoms with van der Waals surface area (Å²) in [6, 6.07) is 10.0. The zero-order chi connectivity index (χ0) is 19.3. The maximum Gasteiger partial charge on any atom is 0.272 e. The third kappa shape index (κ3) is 5.25. The second kappa shape index (κ2) is 8.47. The first-order valence-corrected chi connectivity index (χ1v) is 10.2. The largest absolute Gasteiger partial charge is 0.383 e. The number of nitrogens with zero attached hydrogens (tertiary/aromatic N) is 2. The van der Waals surface area contributed by atoms with Crippen LogP contribution >= 0.6 is 0 Å². The summed E-state index contributed by atoms with van der Waals surface area (Å²) in [5.41, 5.74) is 2.22. The maximum atomic E-state index is 12.3. The molecule has 27 heavy (non-hydrogen) atoms. The number of ether oxygens (including phenoxy) is 1. The number of hydrogen-bond donors (Lipinski definition) is 2. The normalized spacial score (nSPS) is 14.8. The van der Waals surface area contributed by atoms with Crippen molar-refractivity contribution in [3.63, 3.8) is 0 Å². The van der Waals surface area contributed by atoms with Crippen molar-refractivity contribution in [1.29, 1.82) is 0 Å². The Bertz CT molecular complexity index is 877. The number of morpholine rings is 1. The molecule has 3 N–H and O–H groups in total. The minimum absolute atomic E-state index is 0.0835. The smallest absolute Gasteiger partial charge is 0.272 e. The molecule has 8 nitrogen and oxygen atoms in total. The Labute approximate surface area is 158 Å². The van der Waals surface area contributed by atoms with Gasteiger partial charge in [0, 0.05) is 19.6 Å². The van der Waals surface area contributed by atoms with Crippen LogP contribution in [0.2, 0.25) is 0 Å². The predicted molar refractivity (Wildman–Crippen MR) is 101 cm³/mol. The highest BCUT2D eigenvalue weighted by Crippen LogP contribution is 2.12. The Kier molecular flexibility index (Phi) is 6.04. The van der Waals surface area contributed by atoms with Crippen molar-refractivity contribution in [2.75, 3.05) is 38.2 Å². The highest BCUT2D eigenvalue weighted by molar-refractivity contribution is 7.89. The Balaban J connectivity index is 1.50. The molecule has 0 aliphatic carbocycles. The standard InChI is InChI=1S/C18H22N4O4S/c19-27(24,25)16-4-1-14(2-5-16)7-8-20-15-3-6-17(21-13-15)18(23)22-9-11-26-12-10-22/h1-6,13,20H,7-12H2,(H2,19,24,25). The molecule has 0 atom stereocenters. The number of rotatable bonds is 6. The van der Waals surface area contributed by atoms with Gasteiger partial charge >= 0.3 is 0 Å². The zero-order valence-corrected chi connectivity index (χ0v) is 15.6. The molecule has 0 bridgehead atoms. The number of anilines is 1. The van der Waals surface area contributed by atoms with Crippen molar-refractivity contribution in [2.24, 2.45) is 5.14 Å². The van der Waals surface area contributed by atoms with Gasteiger partial charge in [0.2, 0.25) is 10.0 Å². The molecular formula is C18H22N4O4S. The fourth-order valence-corrected chi connectivity index (χ4v) is 3.27. The molecule has 1 amide bonds. The molecule has 1 aromatic heterocycles. The zero-order valence-electron chi connectivity index (χ0n) is 14.8. The highest BCUT2D eigenvalue weighted by atomic mass is 32.2. The van der Waals surface area contributed by atoms with Gasteiger partial charge in [-0.05, 0) is 36.2 Å². The maximum absolute atomic E-state index is 12.3. The van der Waals surface area contributed by atoms with Crippen LogP contribution in [0.25, 0.3) is 0 Å². The van der Waals surface area contributed by atoms with Gasteiger partial charge in [-0.1, -0.05) is 12.1 Å². The lowest BCUT2D eigenvalue weighted by atomic mass is 10.1. The van der Waals surface area contributed by atoms with E-state index in [1.807, 2.05) is 6.07 Å². The molecule has 0 unspecified atom stereocenters. The molecule has 0 radical (unpaired) electrons. The van der Waals surface area contributed by atoms with Crippen molar-refractivity contribution in [2.45, 2.75) is 11.3 Å². The van der Waals surface area contributed by atoms with Crippen LogP contribution in [0.5, 0.6) is 0 Å². The van der Waals surface area contributed by atoms with Crippen LogP contribution < -0.4 is 10.5 Å². The van der Waals surface area contributed by atoms with Crippen molar-refractivity contribution < 1.29 is 17.9 Å². The molecule has 1 aromatic carbocycles. The Hall–Kier alpha value is -2.49. The van der Waals surface area contributed by atoms with Crippen LogP contribution in [0.15, 0.2) is 47.5 Å². The number of hydrogen-bond acceptors (Lipinski definition) is 6. The van der Waals surface area contributed by atoms with E-state index in [4.69, 9.17) is 9.88 Å². The number of primary sulfonamides is 1. The third-order valence-corrected chi connectivity index (χ3v) is 5.20. The molecule has 0 spiro atoms. The molecule has 2 aromatic rings. The molecule has 0 saturated carbocycles.